The molecule has 0 amide bonds. The van der Waals surface area contributed by atoms with E-state index in [1.807, 2.05) is 0 Å². The molecule has 0 heterocycles. The van der Waals surface area contributed by atoms with E-state index in [0.717, 1.165) is 17.1 Å². The molecule has 0 radical (unpaired) electrons. The minimum absolute atomic E-state index is 0.0488. The predicted octanol–water partition coefficient (Wildman–Crippen LogP) is 18.6. The lowest BCUT2D eigenvalue weighted by Crippen LogP contribution is -2.14. The monoisotopic (exact) mass is 867 g/mol. The van der Waals surface area contributed by atoms with Gasteiger partial charge in [-0.05, 0) is 160 Å². The van der Waals surface area contributed by atoms with Gasteiger partial charge in [-0.15, -0.1) is 0 Å². The van der Waals surface area contributed by atoms with Crippen molar-refractivity contribution in [2.45, 2.75) is 19.3 Å². The quantitative estimate of drug-likeness (QED) is 0.140. The van der Waals surface area contributed by atoms with Gasteiger partial charge in [0.1, 0.15) is 0 Å². The average Bonchev–Trinajstić information content (AvgIpc) is 3.64. The van der Waals surface area contributed by atoms with E-state index in [1.165, 1.54) is 99.8 Å². The van der Waals surface area contributed by atoms with Gasteiger partial charge in [0.2, 0.25) is 0 Å². The lowest BCUT2D eigenvalue weighted by Gasteiger charge is -2.26. The molecular weight excluding hydrogens is 819 g/mol. The fourth-order valence-electron chi connectivity index (χ4n) is 10.4. The Hall–Kier alpha value is -8.52. The Morgan fingerprint density at radius 2 is 0.588 bits per heavy atom. The van der Waals surface area contributed by atoms with Gasteiger partial charge in [-0.25, -0.2) is 0 Å². The van der Waals surface area contributed by atoms with Gasteiger partial charge < -0.3 is 4.90 Å². The van der Waals surface area contributed by atoms with Crippen molar-refractivity contribution in [1.29, 1.82) is 0 Å². The summed E-state index contributed by atoms with van der Waals surface area (Å²) in [5.41, 5.74) is 23.2. The molecule has 11 aromatic carbocycles. The van der Waals surface area contributed by atoms with E-state index < -0.39 is 0 Å². The summed E-state index contributed by atoms with van der Waals surface area (Å²) in [7, 11) is 0. The molecule has 0 bridgehead atoms. The van der Waals surface area contributed by atoms with Gasteiger partial charge in [-0.1, -0.05) is 214 Å². The van der Waals surface area contributed by atoms with Gasteiger partial charge in [0.05, 0.1) is 0 Å². The fourth-order valence-corrected chi connectivity index (χ4v) is 10.4. The third-order valence-electron chi connectivity index (χ3n) is 14.1. The van der Waals surface area contributed by atoms with Crippen molar-refractivity contribution in [2.75, 3.05) is 4.90 Å². The Balaban J connectivity index is 0.850. The first-order chi connectivity index (χ1) is 33.4. The SMILES string of the molecule is CC1(C)c2ccccc2-c2ccc(-c3ccc(N(c4ccc(-c5ccc(-c6cccc(-c7ccc8ccccc8c7)c6)cc5)cc4)c4ccc(-c5cccc(-c6ccccc6)c5)cc4)cc3)cc21. The van der Waals surface area contributed by atoms with Crippen LogP contribution in [0.5, 0.6) is 0 Å². The van der Waals surface area contributed by atoms with Gasteiger partial charge in [0.15, 0.2) is 0 Å². The van der Waals surface area contributed by atoms with Crippen LogP contribution in [0.2, 0.25) is 0 Å². The van der Waals surface area contributed by atoms with Crippen LogP contribution >= 0.6 is 0 Å². The number of anilines is 3. The highest BCUT2D eigenvalue weighted by molar-refractivity contribution is 5.89. The topological polar surface area (TPSA) is 3.24 Å². The molecule has 322 valence electrons. The zero-order valence-electron chi connectivity index (χ0n) is 38.3. The summed E-state index contributed by atoms with van der Waals surface area (Å²) in [6.07, 6.45) is 0. The van der Waals surface area contributed by atoms with Crippen molar-refractivity contribution in [3.8, 4) is 77.9 Å². The lowest BCUT2D eigenvalue weighted by molar-refractivity contribution is 0.660. The molecule has 0 aliphatic heterocycles. The predicted molar refractivity (Wildman–Crippen MR) is 289 cm³/mol. The van der Waals surface area contributed by atoms with Crippen molar-refractivity contribution in [3.63, 3.8) is 0 Å². The second-order valence-corrected chi connectivity index (χ2v) is 18.6. The summed E-state index contributed by atoms with van der Waals surface area (Å²) in [6.45, 7) is 4.70. The van der Waals surface area contributed by atoms with E-state index in [9.17, 15) is 0 Å². The Bertz CT molecular complexity index is 3600. The standard InChI is InChI=1S/C67H49N/c1-67(2)65-21-9-8-20-63(65)64-41-34-59(45-66(64)67)52-32-39-62(40-33-52)68(61-37-30-51(31-38-61)55-17-10-16-54(42-55)46-12-4-3-5-13-46)60-35-28-49(29-36-60)48-22-24-50(25-23-48)56-18-11-19-57(43-56)58-27-26-47-14-6-7-15-53(47)44-58/h3-45H,1-2H3. The Kier molecular flexibility index (Phi) is 10.3. The molecule has 0 fully saturated rings. The number of fused-ring (bicyclic) bond motifs is 4. The number of hydrogen-bond donors (Lipinski definition) is 0. The molecule has 12 rings (SSSR count). The van der Waals surface area contributed by atoms with Gasteiger partial charge in [0.25, 0.3) is 0 Å². The zero-order valence-corrected chi connectivity index (χ0v) is 38.3. The van der Waals surface area contributed by atoms with E-state index >= 15 is 0 Å². The highest BCUT2D eigenvalue weighted by Crippen LogP contribution is 2.50. The third-order valence-corrected chi connectivity index (χ3v) is 14.1. The second kappa shape index (κ2) is 17.0. The highest BCUT2D eigenvalue weighted by atomic mass is 15.1. The van der Waals surface area contributed by atoms with Gasteiger partial charge in [-0.3, -0.25) is 0 Å². The molecule has 0 aromatic heterocycles. The van der Waals surface area contributed by atoms with Crippen LogP contribution in [0.25, 0.3) is 88.7 Å². The summed E-state index contributed by atoms with van der Waals surface area (Å²) in [4.78, 5) is 2.37. The van der Waals surface area contributed by atoms with Crippen molar-refractivity contribution < 1.29 is 0 Å². The largest absolute Gasteiger partial charge is 0.311 e. The van der Waals surface area contributed by atoms with Crippen LogP contribution in [0.3, 0.4) is 0 Å². The van der Waals surface area contributed by atoms with E-state index in [1.54, 1.807) is 0 Å². The van der Waals surface area contributed by atoms with Crippen LogP contribution in [0, 0.1) is 0 Å². The number of hydrogen-bond acceptors (Lipinski definition) is 1. The van der Waals surface area contributed by atoms with Crippen LogP contribution in [0.15, 0.2) is 261 Å². The van der Waals surface area contributed by atoms with Crippen LogP contribution in [0.1, 0.15) is 25.0 Å². The third kappa shape index (κ3) is 7.59. The molecule has 1 heteroatoms. The molecule has 1 nitrogen and oxygen atoms in total. The Morgan fingerprint density at radius 1 is 0.235 bits per heavy atom. The molecule has 11 aromatic rings. The first-order valence-electron chi connectivity index (χ1n) is 23.6. The van der Waals surface area contributed by atoms with Crippen LogP contribution in [0.4, 0.5) is 17.1 Å². The van der Waals surface area contributed by atoms with Gasteiger partial charge >= 0.3 is 0 Å². The Morgan fingerprint density at radius 3 is 1.15 bits per heavy atom. The van der Waals surface area contributed by atoms with E-state index in [2.05, 4.69) is 280 Å². The van der Waals surface area contributed by atoms with Crippen LogP contribution in [-0.4, -0.2) is 0 Å². The number of nitrogens with zero attached hydrogens (tertiary/aromatic N) is 1. The smallest absolute Gasteiger partial charge is 0.0462 e. The maximum Gasteiger partial charge on any atom is 0.0462 e. The molecular formula is C67H49N. The summed E-state index contributed by atoms with van der Waals surface area (Å²) >= 11 is 0. The lowest BCUT2D eigenvalue weighted by atomic mass is 9.81. The van der Waals surface area contributed by atoms with Gasteiger partial charge in [-0.2, -0.15) is 0 Å². The molecule has 0 N–H and O–H groups in total. The minimum atomic E-state index is -0.0488. The maximum atomic E-state index is 2.40. The molecule has 0 spiro atoms. The number of benzene rings is 11. The first kappa shape index (κ1) is 40.9. The Labute approximate surface area is 399 Å². The highest BCUT2D eigenvalue weighted by Gasteiger charge is 2.35. The minimum Gasteiger partial charge on any atom is -0.311 e. The second-order valence-electron chi connectivity index (χ2n) is 18.6. The molecule has 68 heavy (non-hydrogen) atoms. The normalized spacial score (nSPS) is 12.4. The van der Waals surface area contributed by atoms with Crippen molar-refractivity contribution >= 4 is 27.8 Å². The van der Waals surface area contributed by atoms with E-state index in [0.29, 0.717) is 0 Å². The van der Waals surface area contributed by atoms with Gasteiger partial charge in [0, 0.05) is 22.5 Å². The summed E-state index contributed by atoms with van der Waals surface area (Å²) in [5, 5.41) is 2.52. The molecule has 1 aliphatic rings. The van der Waals surface area contributed by atoms with Crippen molar-refractivity contribution in [1.82, 2.24) is 0 Å². The summed E-state index contributed by atoms with van der Waals surface area (Å²) in [5.74, 6) is 0. The molecule has 0 saturated heterocycles. The van der Waals surface area contributed by atoms with Crippen molar-refractivity contribution in [2.24, 2.45) is 0 Å². The number of rotatable bonds is 9. The summed E-state index contributed by atoms with van der Waals surface area (Å²) in [6, 6.07) is 95.5. The summed E-state index contributed by atoms with van der Waals surface area (Å²) < 4.78 is 0. The molecule has 1 aliphatic carbocycles. The van der Waals surface area contributed by atoms with Crippen LogP contribution in [-0.2, 0) is 5.41 Å². The maximum absolute atomic E-state index is 2.40. The van der Waals surface area contributed by atoms with Crippen molar-refractivity contribution in [3.05, 3.63) is 272 Å². The average molecular weight is 868 g/mol. The molecule has 0 atom stereocenters. The van der Waals surface area contributed by atoms with Crippen LogP contribution < -0.4 is 4.90 Å². The van der Waals surface area contributed by atoms with E-state index in [-0.39, 0.29) is 5.41 Å². The molecule has 0 unspecified atom stereocenters. The fraction of sp³-hybridized carbons (Fsp3) is 0.0448. The molecule has 0 saturated carbocycles. The van der Waals surface area contributed by atoms with E-state index in [4.69, 9.17) is 0 Å². The first-order valence-corrected chi connectivity index (χ1v) is 23.6. The zero-order chi connectivity index (χ0) is 45.6.